The number of carbonyl (C=O) groups excluding carboxylic acids is 2. The second-order valence-corrected chi connectivity index (χ2v) is 10.8. The Morgan fingerprint density at radius 1 is 1.13 bits per heavy atom. The van der Waals surface area contributed by atoms with Crippen molar-refractivity contribution in [3.63, 3.8) is 0 Å². The van der Waals surface area contributed by atoms with E-state index in [0.717, 1.165) is 5.56 Å². The number of ether oxygens (including phenoxy) is 1. The number of nitrogens with one attached hydrogen (secondary N) is 3. The maximum Gasteiger partial charge on any atom is 0.266 e. The van der Waals surface area contributed by atoms with Crippen molar-refractivity contribution in [2.75, 3.05) is 28.2 Å². The van der Waals surface area contributed by atoms with E-state index in [0.29, 0.717) is 15.6 Å². The van der Waals surface area contributed by atoms with Crippen molar-refractivity contribution in [3.8, 4) is 5.75 Å². The monoisotopic (exact) mass is 453 g/mol. The Kier molecular flexibility index (Phi) is 7.14. The largest absolute Gasteiger partial charge is 0.494 e. The van der Waals surface area contributed by atoms with Crippen LogP contribution in [0.3, 0.4) is 0 Å². The molecule has 3 N–H and O–H groups in total. The van der Waals surface area contributed by atoms with Gasteiger partial charge >= 0.3 is 0 Å². The number of hydrogen-bond acceptors (Lipinski definition) is 6. The van der Waals surface area contributed by atoms with Crippen molar-refractivity contribution in [2.45, 2.75) is 34.6 Å². The zero-order valence-corrected chi connectivity index (χ0v) is 19.5. The SMILES string of the molecule is CCS(=O)(=O)Nc1ccc(NC(=O)c2sc(NC(=O)C(C)(C)C)cc2C)cc1OC. The lowest BCUT2D eigenvalue weighted by Gasteiger charge is -2.16. The number of amides is 2. The second kappa shape index (κ2) is 9.05. The summed E-state index contributed by atoms with van der Waals surface area (Å²) in [6.45, 7) is 8.77. The first-order valence-corrected chi connectivity index (χ1v) is 11.7. The molecule has 0 radical (unpaired) electrons. The lowest BCUT2D eigenvalue weighted by Crippen LogP contribution is -2.27. The Hall–Kier alpha value is -2.59. The number of thiophene rings is 1. The molecule has 10 heteroatoms. The maximum absolute atomic E-state index is 12.7. The molecule has 1 aromatic heterocycles. The Morgan fingerprint density at radius 2 is 1.80 bits per heavy atom. The topological polar surface area (TPSA) is 114 Å². The highest BCUT2D eigenvalue weighted by atomic mass is 32.2. The molecule has 2 aromatic rings. The predicted octanol–water partition coefficient (Wildman–Crippen LogP) is 4.06. The average Bonchev–Trinajstić information content (AvgIpc) is 3.02. The van der Waals surface area contributed by atoms with Crippen molar-refractivity contribution in [3.05, 3.63) is 34.7 Å². The van der Waals surface area contributed by atoms with Crippen LogP contribution < -0.4 is 20.1 Å². The van der Waals surface area contributed by atoms with E-state index in [1.54, 1.807) is 19.1 Å². The Bertz CT molecular complexity index is 1050. The van der Waals surface area contributed by atoms with Crippen molar-refractivity contribution in [1.82, 2.24) is 0 Å². The van der Waals surface area contributed by atoms with Gasteiger partial charge in [0.05, 0.1) is 28.4 Å². The number of hydrogen-bond donors (Lipinski definition) is 3. The Labute approximate surface area is 181 Å². The summed E-state index contributed by atoms with van der Waals surface area (Å²) in [5.41, 5.74) is 0.931. The number of sulfonamides is 1. The van der Waals surface area contributed by atoms with Crippen LogP contribution in [0.25, 0.3) is 0 Å². The fraction of sp³-hybridized carbons (Fsp3) is 0.400. The summed E-state index contributed by atoms with van der Waals surface area (Å²) >= 11 is 1.19. The van der Waals surface area contributed by atoms with E-state index < -0.39 is 15.4 Å². The summed E-state index contributed by atoms with van der Waals surface area (Å²) in [7, 11) is -2.04. The minimum absolute atomic E-state index is 0.0691. The molecule has 2 amide bonds. The van der Waals surface area contributed by atoms with Crippen LogP contribution in [0.1, 0.15) is 42.9 Å². The molecule has 0 spiro atoms. The molecule has 1 heterocycles. The van der Waals surface area contributed by atoms with Crippen LogP contribution in [0.4, 0.5) is 16.4 Å². The Balaban J connectivity index is 2.19. The van der Waals surface area contributed by atoms with E-state index in [4.69, 9.17) is 4.74 Å². The first-order valence-electron chi connectivity index (χ1n) is 9.28. The molecule has 0 aliphatic heterocycles. The molecule has 1 aromatic carbocycles. The minimum Gasteiger partial charge on any atom is -0.494 e. The number of anilines is 3. The normalized spacial score (nSPS) is 11.7. The first kappa shape index (κ1) is 23.7. The number of benzene rings is 1. The summed E-state index contributed by atoms with van der Waals surface area (Å²) in [4.78, 5) is 25.4. The molecule has 2 rings (SSSR count). The molecule has 0 atom stereocenters. The van der Waals surface area contributed by atoms with Crippen molar-refractivity contribution in [1.29, 1.82) is 0 Å². The van der Waals surface area contributed by atoms with Gasteiger partial charge in [-0.1, -0.05) is 20.8 Å². The van der Waals surface area contributed by atoms with Gasteiger partial charge in [-0.3, -0.25) is 14.3 Å². The van der Waals surface area contributed by atoms with Crippen molar-refractivity contribution in [2.24, 2.45) is 5.41 Å². The average molecular weight is 454 g/mol. The number of aryl methyl sites for hydroxylation is 1. The molecular weight excluding hydrogens is 426 g/mol. The van der Waals surface area contributed by atoms with E-state index in [9.17, 15) is 18.0 Å². The van der Waals surface area contributed by atoms with Gasteiger partial charge in [-0.05, 0) is 37.6 Å². The fourth-order valence-corrected chi connectivity index (χ4v) is 3.96. The molecule has 8 nitrogen and oxygen atoms in total. The Morgan fingerprint density at radius 3 is 2.37 bits per heavy atom. The zero-order chi connectivity index (χ0) is 22.7. The summed E-state index contributed by atoms with van der Waals surface area (Å²) in [5.74, 6) is -0.255. The highest BCUT2D eigenvalue weighted by Crippen LogP contribution is 2.31. The third-order valence-corrected chi connectivity index (χ3v) is 6.59. The summed E-state index contributed by atoms with van der Waals surface area (Å²) in [6, 6.07) is 6.40. The van der Waals surface area contributed by atoms with Crippen LogP contribution >= 0.6 is 11.3 Å². The molecule has 0 aliphatic rings. The van der Waals surface area contributed by atoms with E-state index in [2.05, 4.69) is 15.4 Å². The van der Waals surface area contributed by atoms with Gasteiger partial charge in [0.15, 0.2) is 0 Å². The lowest BCUT2D eigenvalue weighted by molar-refractivity contribution is -0.123. The molecular formula is C20H27N3O5S2. The summed E-state index contributed by atoms with van der Waals surface area (Å²) in [6.07, 6.45) is 0. The lowest BCUT2D eigenvalue weighted by atomic mass is 9.96. The highest BCUT2D eigenvalue weighted by molar-refractivity contribution is 7.92. The quantitative estimate of drug-likeness (QED) is 0.585. The van der Waals surface area contributed by atoms with Crippen LogP contribution in [0, 0.1) is 12.3 Å². The molecule has 0 unspecified atom stereocenters. The van der Waals surface area contributed by atoms with Crippen LogP contribution in [0.15, 0.2) is 24.3 Å². The number of methoxy groups -OCH3 is 1. The first-order chi connectivity index (χ1) is 13.9. The van der Waals surface area contributed by atoms with Gasteiger partial charge in [0.1, 0.15) is 5.75 Å². The standard InChI is InChI=1S/C20H27N3O5S2/c1-7-30(26,27)23-14-9-8-13(11-15(14)28-6)21-18(24)17-12(2)10-16(29-17)22-19(25)20(3,4)5/h8-11,23H,7H2,1-6H3,(H,21,24)(H,22,25). The predicted molar refractivity (Wildman–Crippen MR) is 121 cm³/mol. The van der Waals surface area contributed by atoms with Gasteiger partial charge < -0.3 is 15.4 Å². The van der Waals surface area contributed by atoms with Crippen LogP contribution in [0.5, 0.6) is 5.75 Å². The van der Waals surface area contributed by atoms with Crippen LogP contribution in [0.2, 0.25) is 0 Å². The molecule has 30 heavy (non-hydrogen) atoms. The summed E-state index contributed by atoms with van der Waals surface area (Å²) < 4.78 is 31.3. The van der Waals surface area contributed by atoms with Crippen LogP contribution in [-0.2, 0) is 14.8 Å². The zero-order valence-electron chi connectivity index (χ0n) is 17.9. The summed E-state index contributed by atoms with van der Waals surface area (Å²) in [5, 5.41) is 6.20. The molecule has 0 saturated carbocycles. The molecule has 0 saturated heterocycles. The molecule has 0 bridgehead atoms. The minimum atomic E-state index is -3.46. The van der Waals surface area contributed by atoms with E-state index in [1.807, 2.05) is 20.8 Å². The highest BCUT2D eigenvalue weighted by Gasteiger charge is 2.23. The van der Waals surface area contributed by atoms with Crippen molar-refractivity contribution < 1.29 is 22.7 Å². The van der Waals surface area contributed by atoms with E-state index >= 15 is 0 Å². The van der Waals surface area contributed by atoms with E-state index in [-0.39, 0.29) is 29.0 Å². The fourth-order valence-electron chi connectivity index (χ4n) is 2.35. The third kappa shape index (κ3) is 5.96. The molecule has 0 aliphatic carbocycles. The van der Waals surface area contributed by atoms with Gasteiger partial charge in [0.2, 0.25) is 15.9 Å². The molecule has 164 valence electrons. The van der Waals surface area contributed by atoms with Gasteiger partial charge in [-0.2, -0.15) is 0 Å². The second-order valence-electron chi connectivity index (χ2n) is 7.70. The van der Waals surface area contributed by atoms with Gasteiger partial charge in [-0.25, -0.2) is 8.42 Å². The molecule has 0 fully saturated rings. The van der Waals surface area contributed by atoms with Gasteiger partial charge in [0, 0.05) is 17.2 Å². The van der Waals surface area contributed by atoms with E-state index in [1.165, 1.54) is 37.5 Å². The van der Waals surface area contributed by atoms with Gasteiger partial charge in [0.25, 0.3) is 5.91 Å². The smallest absolute Gasteiger partial charge is 0.266 e. The third-order valence-electron chi connectivity index (χ3n) is 4.15. The van der Waals surface area contributed by atoms with Crippen molar-refractivity contribution >= 4 is 49.6 Å². The maximum atomic E-state index is 12.7. The number of carbonyl (C=O) groups is 2. The van der Waals surface area contributed by atoms with Gasteiger partial charge in [-0.15, -0.1) is 11.3 Å². The number of rotatable bonds is 7. The van der Waals surface area contributed by atoms with Crippen LogP contribution in [-0.4, -0.2) is 33.1 Å².